The van der Waals surface area contributed by atoms with E-state index in [0.29, 0.717) is 29.9 Å². The molecule has 0 amide bonds. The summed E-state index contributed by atoms with van der Waals surface area (Å²) in [7, 11) is 0. The topological polar surface area (TPSA) is 55.8 Å². The van der Waals surface area contributed by atoms with Gasteiger partial charge < -0.3 is 14.6 Å². The third-order valence-corrected chi connectivity index (χ3v) is 5.86. The molecule has 5 atom stereocenters. The molecule has 0 heterocycles. The molecule has 4 saturated carbocycles. The first-order chi connectivity index (χ1) is 9.90. The lowest BCUT2D eigenvalue weighted by atomic mass is 9.48. The van der Waals surface area contributed by atoms with Crippen molar-refractivity contribution in [2.75, 3.05) is 13.2 Å². The number of aliphatic hydroxyl groups excluding tert-OH is 1. The van der Waals surface area contributed by atoms with Crippen LogP contribution in [0.15, 0.2) is 12.2 Å². The van der Waals surface area contributed by atoms with Crippen LogP contribution >= 0.6 is 0 Å². The van der Waals surface area contributed by atoms with Crippen molar-refractivity contribution in [2.24, 2.45) is 17.8 Å². The van der Waals surface area contributed by atoms with E-state index >= 15 is 0 Å². The van der Waals surface area contributed by atoms with Gasteiger partial charge in [-0.15, -0.1) is 0 Å². The monoisotopic (exact) mass is 294 g/mol. The maximum absolute atomic E-state index is 12.0. The Labute approximate surface area is 126 Å². The molecular weight excluding hydrogens is 268 g/mol. The summed E-state index contributed by atoms with van der Waals surface area (Å²) < 4.78 is 12.0. The number of rotatable bonds is 5. The van der Waals surface area contributed by atoms with E-state index in [1.807, 2.05) is 0 Å². The van der Waals surface area contributed by atoms with E-state index in [1.54, 1.807) is 6.92 Å². The number of aliphatic hydroxyl groups is 1. The van der Waals surface area contributed by atoms with Crippen LogP contribution in [0, 0.1) is 17.8 Å². The van der Waals surface area contributed by atoms with E-state index in [-0.39, 0.29) is 23.8 Å². The van der Waals surface area contributed by atoms with E-state index in [9.17, 15) is 4.79 Å². The maximum atomic E-state index is 12.0. The van der Waals surface area contributed by atoms with Gasteiger partial charge in [0.25, 0.3) is 0 Å². The van der Waals surface area contributed by atoms with Crippen molar-refractivity contribution in [2.45, 2.75) is 57.2 Å². The zero-order chi connectivity index (χ0) is 15.3. The molecule has 0 aromatic rings. The van der Waals surface area contributed by atoms with Crippen molar-refractivity contribution in [3.05, 3.63) is 12.2 Å². The summed E-state index contributed by atoms with van der Waals surface area (Å²) in [5.74, 6) is 1.33. The summed E-state index contributed by atoms with van der Waals surface area (Å²) in [6.07, 6.45) is 4.94. The quantitative estimate of drug-likeness (QED) is 0.625. The number of esters is 1. The molecule has 4 unspecified atom stereocenters. The second-order valence-corrected chi connectivity index (χ2v) is 7.43. The minimum atomic E-state index is -0.371. The Kier molecular flexibility index (Phi) is 3.65. The average molecular weight is 294 g/mol. The zero-order valence-corrected chi connectivity index (χ0v) is 13.1. The highest BCUT2D eigenvalue weighted by atomic mass is 16.6. The Bertz CT molecular complexity index is 460. The largest absolute Gasteiger partial charge is 0.456 e. The molecule has 4 heteroatoms. The highest BCUT2D eigenvalue weighted by molar-refractivity contribution is 5.87. The van der Waals surface area contributed by atoms with Gasteiger partial charge in [-0.1, -0.05) is 13.5 Å². The lowest BCUT2D eigenvalue weighted by Crippen LogP contribution is -2.65. The van der Waals surface area contributed by atoms with E-state index in [4.69, 9.17) is 14.6 Å². The molecule has 0 spiro atoms. The van der Waals surface area contributed by atoms with Crippen LogP contribution in [0.5, 0.6) is 0 Å². The fourth-order valence-corrected chi connectivity index (χ4v) is 5.14. The van der Waals surface area contributed by atoms with E-state index < -0.39 is 0 Å². The van der Waals surface area contributed by atoms with E-state index in [2.05, 4.69) is 13.5 Å². The summed E-state index contributed by atoms with van der Waals surface area (Å²) in [6.45, 7) is 8.07. The number of carbonyl (C=O) groups excluding carboxylic acids is 1. The van der Waals surface area contributed by atoms with Crippen LogP contribution in [0.4, 0.5) is 0 Å². The van der Waals surface area contributed by atoms with Crippen molar-refractivity contribution in [3.63, 3.8) is 0 Å². The van der Waals surface area contributed by atoms with Gasteiger partial charge in [0.05, 0.1) is 18.8 Å². The Balaban J connectivity index is 1.85. The normalized spacial score (nSPS) is 43.9. The van der Waals surface area contributed by atoms with Crippen molar-refractivity contribution < 1.29 is 19.4 Å². The Morgan fingerprint density at radius 2 is 2.14 bits per heavy atom. The van der Waals surface area contributed by atoms with Gasteiger partial charge in [0.15, 0.2) is 0 Å². The van der Waals surface area contributed by atoms with E-state index in [0.717, 1.165) is 25.7 Å². The molecular formula is C17H26O4. The summed E-state index contributed by atoms with van der Waals surface area (Å²) in [6, 6.07) is 0. The molecule has 21 heavy (non-hydrogen) atoms. The molecule has 0 radical (unpaired) electrons. The smallest absolute Gasteiger partial charge is 0.333 e. The molecule has 4 fully saturated rings. The first-order valence-electron chi connectivity index (χ1n) is 8.03. The van der Waals surface area contributed by atoms with Gasteiger partial charge in [-0.05, 0) is 50.4 Å². The zero-order valence-electron chi connectivity index (χ0n) is 13.1. The molecule has 118 valence electrons. The number of hydrogen-bond acceptors (Lipinski definition) is 4. The van der Waals surface area contributed by atoms with E-state index in [1.165, 1.54) is 6.42 Å². The van der Waals surface area contributed by atoms with Gasteiger partial charge in [0.2, 0.25) is 0 Å². The Hall–Kier alpha value is -0.870. The molecule has 0 aromatic heterocycles. The summed E-state index contributed by atoms with van der Waals surface area (Å²) in [5.41, 5.74) is -0.129. The van der Waals surface area contributed by atoms with Crippen molar-refractivity contribution in [3.8, 4) is 0 Å². The number of carbonyl (C=O) groups is 1. The standard InChI is InChI=1S/C17H26O4/c1-11(2)15(19)21-16-7-13-6-14(9-16)12(3)17(8-13,10-16)20-5-4-18/h12-14,18H,1,4-10H2,2-3H3/t12-,13?,14?,16?,17?/m0/s1. The minimum absolute atomic E-state index is 0.0440. The Morgan fingerprint density at radius 3 is 2.81 bits per heavy atom. The highest BCUT2D eigenvalue weighted by Crippen LogP contribution is 2.62. The average Bonchev–Trinajstić information content (AvgIpc) is 2.41. The van der Waals surface area contributed by atoms with Crippen LogP contribution in [0.25, 0.3) is 0 Å². The van der Waals surface area contributed by atoms with Gasteiger partial charge in [0, 0.05) is 12.0 Å². The second kappa shape index (κ2) is 5.10. The van der Waals surface area contributed by atoms with Gasteiger partial charge in [0.1, 0.15) is 5.60 Å². The van der Waals surface area contributed by atoms with Gasteiger partial charge in [-0.25, -0.2) is 4.79 Å². The predicted molar refractivity (Wildman–Crippen MR) is 78.6 cm³/mol. The Morgan fingerprint density at radius 1 is 1.38 bits per heavy atom. The fourth-order valence-electron chi connectivity index (χ4n) is 5.14. The van der Waals surface area contributed by atoms with Gasteiger partial charge in [-0.2, -0.15) is 0 Å². The van der Waals surface area contributed by atoms with Crippen LogP contribution in [0.2, 0.25) is 0 Å². The molecule has 0 aliphatic heterocycles. The summed E-state index contributed by atoms with van der Waals surface area (Å²) >= 11 is 0. The predicted octanol–water partition coefficient (Wildman–Crippen LogP) is 2.45. The molecule has 4 nitrogen and oxygen atoms in total. The molecule has 1 N–H and O–H groups in total. The molecule has 4 aliphatic carbocycles. The molecule has 4 bridgehead atoms. The van der Waals surface area contributed by atoms with Crippen LogP contribution < -0.4 is 0 Å². The lowest BCUT2D eigenvalue weighted by Gasteiger charge is -2.63. The van der Waals surface area contributed by atoms with Crippen LogP contribution in [0.3, 0.4) is 0 Å². The number of ether oxygens (including phenoxy) is 2. The third-order valence-electron chi connectivity index (χ3n) is 5.86. The highest BCUT2D eigenvalue weighted by Gasteiger charge is 2.63. The van der Waals surface area contributed by atoms with Crippen molar-refractivity contribution in [1.82, 2.24) is 0 Å². The van der Waals surface area contributed by atoms with Crippen LogP contribution in [-0.4, -0.2) is 35.5 Å². The lowest BCUT2D eigenvalue weighted by molar-refractivity contribution is -0.256. The van der Waals surface area contributed by atoms with Crippen molar-refractivity contribution >= 4 is 5.97 Å². The molecule has 4 rings (SSSR count). The van der Waals surface area contributed by atoms with Gasteiger partial charge in [-0.3, -0.25) is 0 Å². The summed E-state index contributed by atoms with van der Waals surface area (Å²) in [5, 5.41) is 9.11. The first kappa shape index (κ1) is 15.0. The fraction of sp³-hybridized carbons (Fsp3) is 0.824. The minimum Gasteiger partial charge on any atom is -0.456 e. The first-order valence-corrected chi connectivity index (χ1v) is 8.03. The molecule has 0 saturated heterocycles. The molecule has 0 aromatic carbocycles. The molecule has 4 aliphatic rings. The van der Waals surface area contributed by atoms with Crippen LogP contribution in [-0.2, 0) is 14.3 Å². The summed E-state index contributed by atoms with van der Waals surface area (Å²) in [4.78, 5) is 12.0. The SMILES string of the molecule is C=C(C)C(=O)OC12CC3CC(C1)[C@H](C)C(OCCO)(C3)C2. The maximum Gasteiger partial charge on any atom is 0.333 e. The second-order valence-electron chi connectivity index (χ2n) is 7.43. The number of hydrogen-bond donors (Lipinski definition) is 1. The van der Waals surface area contributed by atoms with Crippen molar-refractivity contribution in [1.29, 1.82) is 0 Å². The third kappa shape index (κ3) is 2.42. The van der Waals surface area contributed by atoms with Gasteiger partial charge >= 0.3 is 5.97 Å². The van der Waals surface area contributed by atoms with Crippen LogP contribution in [0.1, 0.15) is 46.0 Å².